The van der Waals surface area contributed by atoms with E-state index in [-0.39, 0.29) is 5.92 Å². The first kappa shape index (κ1) is 13.6. The predicted octanol–water partition coefficient (Wildman–Crippen LogP) is 4.40. The van der Waals surface area contributed by atoms with Crippen molar-refractivity contribution in [1.82, 2.24) is 0 Å². The summed E-state index contributed by atoms with van der Waals surface area (Å²) in [6.07, 6.45) is 14.3. The molecule has 2 nitrogen and oxygen atoms in total. The molecule has 1 unspecified atom stereocenters. The summed E-state index contributed by atoms with van der Waals surface area (Å²) in [6, 6.07) is 0. The van der Waals surface area contributed by atoms with Gasteiger partial charge < -0.3 is 5.11 Å². The number of hydrogen-bond acceptors (Lipinski definition) is 1. The van der Waals surface area contributed by atoms with Crippen LogP contribution in [0.4, 0.5) is 0 Å². The van der Waals surface area contributed by atoms with E-state index in [1.807, 2.05) is 0 Å². The molecular weight excluding hydrogens is 224 g/mol. The van der Waals surface area contributed by atoms with Gasteiger partial charge in [0.2, 0.25) is 0 Å². The van der Waals surface area contributed by atoms with Gasteiger partial charge in [-0.25, -0.2) is 0 Å². The molecule has 0 aromatic rings. The zero-order valence-electron chi connectivity index (χ0n) is 11.5. The van der Waals surface area contributed by atoms with Crippen molar-refractivity contribution in [1.29, 1.82) is 0 Å². The quantitative estimate of drug-likeness (QED) is 0.751. The summed E-state index contributed by atoms with van der Waals surface area (Å²) in [6.45, 7) is 2.23. The SMILES string of the molecule is CCCC1CCC(C(=O)O)(C2C=CCCC2)CC1. The van der Waals surface area contributed by atoms with Crippen molar-refractivity contribution >= 4 is 5.97 Å². The molecule has 0 spiro atoms. The fourth-order valence-electron chi connectivity index (χ4n) is 3.91. The molecule has 0 saturated heterocycles. The van der Waals surface area contributed by atoms with Crippen molar-refractivity contribution in [3.8, 4) is 0 Å². The second kappa shape index (κ2) is 5.90. The van der Waals surface area contributed by atoms with Gasteiger partial charge in [0.05, 0.1) is 5.41 Å². The van der Waals surface area contributed by atoms with E-state index in [2.05, 4.69) is 19.1 Å². The molecule has 0 bridgehead atoms. The van der Waals surface area contributed by atoms with Gasteiger partial charge in [-0.05, 0) is 56.8 Å². The van der Waals surface area contributed by atoms with Crippen LogP contribution >= 0.6 is 0 Å². The third-order valence-electron chi connectivity index (χ3n) is 5.08. The lowest BCUT2D eigenvalue weighted by molar-refractivity contribution is -0.155. The van der Waals surface area contributed by atoms with Crippen LogP contribution < -0.4 is 0 Å². The Balaban J connectivity index is 2.07. The van der Waals surface area contributed by atoms with E-state index in [9.17, 15) is 9.90 Å². The third-order valence-corrected chi connectivity index (χ3v) is 5.08. The van der Waals surface area contributed by atoms with Crippen molar-refractivity contribution in [2.75, 3.05) is 0 Å². The largest absolute Gasteiger partial charge is 0.481 e. The molecule has 0 amide bonds. The van der Waals surface area contributed by atoms with Crippen molar-refractivity contribution < 1.29 is 9.90 Å². The van der Waals surface area contributed by atoms with Crippen molar-refractivity contribution in [2.24, 2.45) is 17.3 Å². The number of rotatable bonds is 4. The Bertz CT molecular complexity index is 311. The number of carbonyl (C=O) groups is 1. The Morgan fingerprint density at radius 2 is 2.06 bits per heavy atom. The second-order valence-corrected chi connectivity index (χ2v) is 6.16. The van der Waals surface area contributed by atoms with E-state index in [1.54, 1.807) is 0 Å². The number of aliphatic carboxylic acids is 1. The molecule has 0 heterocycles. The number of carboxylic acid groups (broad SMARTS) is 1. The van der Waals surface area contributed by atoms with Gasteiger partial charge >= 0.3 is 5.97 Å². The normalized spacial score (nSPS) is 36.5. The molecule has 1 atom stereocenters. The molecule has 0 aromatic heterocycles. The maximum atomic E-state index is 11.8. The number of hydrogen-bond donors (Lipinski definition) is 1. The van der Waals surface area contributed by atoms with E-state index in [4.69, 9.17) is 0 Å². The molecule has 2 heteroatoms. The maximum Gasteiger partial charge on any atom is 0.310 e. The van der Waals surface area contributed by atoms with Gasteiger partial charge in [0, 0.05) is 0 Å². The average molecular weight is 250 g/mol. The fourth-order valence-corrected chi connectivity index (χ4v) is 3.91. The van der Waals surface area contributed by atoms with Crippen LogP contribution in [0, 0.1) is 17.3 Å². The van der Waals surface area contributed by atoms with Crippen LogP contribution in [0.3, 0.4) is 0 Å². The molecule has 0 aromatic carbocycles. The zero-order valence-corrected chi connectivity index (χ0v) is 11.5. The van der Waals surface area contributed by atoms with Gasteiger partial charge in [0.25, 0.3) is 0 Å². The van der Waals surface area contributed by atoms with Gasteiger partial charge in [0.15, 0.2) is 0 Å². The Kier molecular flexibility index (Phi) is 4.47. The van der Waals surface area contributed by atoms with Gasteiger partial charge in [-0.1, -0.05) is 31.9 Å². The minimum absolute atomic E-state index is 0.284. The molecule has 1 fully saturated rings. The first-order chi connectivity index (χ1) is 8.69. The minimum atomic E-state index is -0.547. The first-order valence-corrected chi connectivity index (χ1v) is 7.59. The maximum absolute atomic E-state index is 11.8. The Hall–Kier alpha value is -0.790. The summed E-state index contributed by atoms with van der Waals surface area (Å²) in [7, 11) is 0. The lowest BCUT2D eigenvalue weighted by Gasteiger charge is -2.42. The summed E-state index contributed by atoms with van der Waals surface area (Å²) in [4.78, 5) is 11.8. The van der Waals surface area contributed by atoms with E-state index in [0.29, 0.717) is 0 Å². The smallest absolute Gasteiger partial charge is 0.310 e. The Labute approximate surface area is 110 Å². The lowest BCUT2D eigenvalue weighted by Crippen LogP contribution is -2.41. The fraction of sp³-hybridized carbons (Fsp3) is 0.812. The van der Waals surface area contributed by atoms with Crippen LogP contribution in [0.15, 0.2) is 12.2 Å². The topological polar surface area (TPSA) is 37.3 Å². The molecule has 102 valence electrons. The van der Waals surface area contributed by atoms with Crippen LogP contribution in [-0.2, 0) is 4.79 Å². The van der Waals surface area contributed by atoms with Crippen LogP contribution in [0.5, 0.6) is 0 Å². The summed E-state index contributed by atoms with van der Waals surface area (Å²) in [5, 5.41) is 9.72. The molecular formula is C16H26O2. The third kappa shape index (κ3) is 2.62. The van der Waals surface area contributed by atoms with Gasteiger partial charge in [-0.3, -0.25) is 4.79 Å². The predicted molar refractivity (Wildman–Crippen MR) is 73.4 cm³/mol. The molecule has 1 N–H and O–H groups in total. The monoisotopic (exact) mass is 250 g/mol. The molecule has 2 rings (SSSR count). The van der Waals surface area contributed by atoms with E-state index < -0.39 is 11.4 Å². The minimum Gasteiger partial charge on any atom is -0.481 e. The van der Waals surface area contributed by atoms with Crippen LogP contribution in [0.25, 0.3) is 0 Å². The van der Waals surface area contributed by atoms with Crippen molar-refractivity contribution in [2.45, 2.75) is 64.7 Å². The highest BCUT2D eigenvalue weighted by Gasteiger charge is 2.46. The molecule has 0 aliphatic heterocycles. The summed E-state index contributed by atoms with van der Waals surface area (Å²) in [5.74, 6) is 0.510. The average Bonchev–Trinajstić information content (AvgIpc) is 2.41. The highest BCUT2D eigenvalue weighted by Crippen LogP contribution is 2.48. The zero-order chi connectivity index (χ0) is 13.0. The molecule has 2 aliphatic carbocycles. The van der Waals surface area contributed by atoms with Crippen LogP contribution in [-0.4, -0.2) is 11.1 Å². The number of allylic oxidation sites excluding steroid dienone is 2. The summed E-state index contributed by atoms with van der Waals surface area (Å²) in [5.41, 5.74) is -0.443. The molecule has 1 saturated carbocycles. The van der Waals surface area contributed by atoms with Crippen molar-refractivity contribution in [3.63, 3.8) is 0 Å². The second-order valence-electron chi connectivity index (χ2n) is 6.16. The van der Waals surface area contributed by atoms with Gasteiger partial charge in [-0.2, -0.15) is 0 Å². The summed E-state index contributed by atoms with van der Waals surface area (Å²) < 4.78 is 0. The lowest BCUT2D eigenvalue weighted by atomic mass is 9.61. The van der Waals surface area contributed by atoms with Gasteiger partial charge in [-0.15, -0.1) is 0 Å². The van der Waals surface area contributed by atoms with E-state index in [0.717, 1.165) is 50.9 Å². The van der Waals surface area contributed by atoms with E-state index >= 15 is 0 Å². The first-order valence-electron chi connectivity index (χ1n) is 7.59. The standard InChI is InChI=1S/C16H26O2/c1-2-6-13-9-11-16(12-10-13,15(17)18)14-7-4-3-5-8-14/h4,7,13-14H,2-3,5-6,8-12H2,1H3,(H,17,18). The van der Waals surface area contributed by atoms with Crippen LogP contribution in [0.1, 0.15) is 64.7 Å². The highest BCUT2D eigenvalue weighted by molar-refractivity contribution is 5.75. The molecule has 2 aliphatic rings. The van der Waals surface area contributed by atoms with Gasteiger partial charge in [0.1, 0.15) is 0 Å². The van der Waals surface area contributed by atoms with Crippen molar-refractivity contribution in [3.05, 3.63) is 12.2 Å². The molecule has 18 heavy (non-hydrogen) atoms. The molecule has 0 radical (unpaired) electrons. The highest BCUT2D eigenvalue weighted by atomic mass is 16.4. The van der Waals surface area contributed by atoms with Crippen LogP contribution in [0.2, 0.25) is 0 Å². The Morgan fingerprint density at radius 1 is 1.33 bits per heavy atom. The number of carboxylic acids is 1. The Morgan fingerprint density at radius 3 is 2.56 bits per heavy atom. The van der Waals surface area contributed by atoms with E-state index in [1.165, 1.54) is 12.8 Å². The summed E-state index contributed by atoms with van der Waals surface area (Å²) >= 11 is 0.